The predicted octanol–water partition coefficient (Wildman–Crippen LogP) is 2.30. The SMILES string of the molecule is COCc1nnc2n1CCN(C(=O)c1cc(OC)ccc1Cl)[C@@H]2C. The Kier molecular flexibility index (Phi) is 4.73. The van der Waals surface area contributed by atoms with Crippen molar-refractivity contribution in [2.45, 2.75) is 26.1 Å². The maximum atomic E-state index is 12.9. The molecule has 0 fully saturated rings. The Morgan fingerprint density at radius 3 is 2.83 bits per heavy atom. The number of aromatic nitrogens is 3. The van der Waals surface area contributed by atoms with Crippen molar-refractivity contribution in [1.82, 2.24) is 19.7 Å². The predicted molar refractivity (Wildman–Crippen MR) is 88.2 cm³/mol. The van der Waals surface area contributed by atoms with Crippen LogP contribution in [0.3, 0.4) is 0 Å². The highest BCUT2D eigenvalue weighted by Gasteiger charge is 2.32. The first kappa shape index (κ1) is 16.7. The number of benzene rings is 1. The highest BCUT2D eigenvalue weighted by Crippen LogP contribution is 2.29. The molecule has 1 aromatic heterocycles. The van der Waals surface area contributed by atoms with Crippen LogP contribution in [0.1, 0.15) is 35.0 Å². The first-order valence-corrected chi connectivity index (χ1v) is 8.00. The van der Waals surface area contributed by atoms with Crippen LogP contribution in [0.4, 0.5) is 0 Å². The molecule has 0 N–H and O–H groups in total. The molecule has 0 radical (unpaired) electrons. The van der Waals surface area contributed by atoms with E-state index in [1.165, 1.54) is 0 Å². The van der Waals surface area contributed by atoms with Gasteiger partial charge < -0.3 is 18.9 Å². The molecule has 1 aliphatic rings. The van der Waals surface area contributed by atoms with E-state index in [1.807, 2.05) is 11.5 Å². The van der Waals surface area contributed by atoms with Gasteiger partial charge in [0, 0.05) is 20.2 Å². The highest BCUT2D eigenvalue weighted by molar-refractivity contribution is 6.33. The molecule has 1 aliphatic heterocycles. The van der Waals surface area contributed by atoms with E-state index in [4.69, 9.17) is 21.1 Å². The van der Waals surface area contributed by atoms with E-state index in [2.05, 4.69) is 10.2 Å². The van der Waals surface area contributed by atoms with Crippen molar-refractivity contribution in [3.8, 4) is 5.75 Å². The molecule has 7 nitrogen and oxygen atoms in total. The molecule has 1 atom stereocenters. The van der Waals surface area contributed by atoms with Crippen molar-refractivity contribution in [3.05, 3.63) is 40.4 Å². The van der Waals surface area contributed by atoms with Gasteiger partial charge in [-0.05, 0) is 25.1 Å². The van der Waals surface area contributed by atoms with Crippen LogP contribution in [0, 0.1) is 0 Å². The molecular weight excluding hydrogens is 332 g/mol. The lowest BCUT2D eigenvalue weighted by molar-refractivity contribution is 0.0632. The lowest BCUT2D eigenvalue weighted by Gasteiger charge is -2.34. The second-order valence-corrected chi connectivity index (χ2v) is 5.99. The Labute approximate surface area is 145 Å². The Morgan fingerprint density at radius 1 is 1.33 bits per heavy atom. The summed E-state index contributed by atoms with van der Waals surface area (Å²) in [5.41, 5.74) is 0.424. The minimum Gasteiger partial charge on any atom is -0.497 e. The average Bonchev–Trinajstić information content (AvgIpc) is 2.99. The minimum atomic E-state index is -0.202. The number of rotatable bonds is 4. The number of nitrogens with zero attached hydrogens (tertiary/aromatic N) is 4. The van der Waals surface area contributed by atoms with Crippen molar-refractivity contribution in [1.29, 1.82) is 0 Å². The summed E-state index contributed by atoms with van der Waals surface area (Å²) in [6.45, 7) is 3.51. The molecule has 0 bridgehead atoms. The van der Waals surface area contributed by atoms with E-state index in [9.17, 15) is 4.79 Å². The van der Waals surface area contributed by atoms with Crippen molar-refractivity contribution in [3.63, 3.8) is 0 Å². The van der Waals surface area contributed by atoms with E-state index < -0.39 is 0 Å². The Balaban J connectivity index is 1.89. The number of carbonyl (C=O) groups excluding carboxylic acids is 1. The summed E-state index contributed by atoms with van der Waals surface area (Å²) in [7, 11) is 3.18. The van der Waals surface area contributed by atoms with Gasteiger partial charge in [0.25, 0.3) is 5.91 Å². The van der Waals surface area contributed by atoms with Crippen molar-refractivity contribution < 1.29 is 14.3 Å². The molecule has 0 unspecified atom stereocenters. The summed E-state index contributed by atoms with van der Waals surface area (Å²) in [4.78, 5) is 14.7. The standard InChI is InChI=1S/C16H19ClN4O3/c1-10-15-19-18-14(9-23-2)21(15)7-6-20(10)16(22)12-8-11(24-3)4-5-13(12)17/h4-5,8,10H,6-7,9H2,1-3H3/t10-/m1/s1. The molecule has 2 heterocycles. The van der Waals surface area contributed by atoms with Crippen LogP contribution in [0.2, 0.25) is 5.02 Å². The summed E-state index contributed by atoms with van der Waals surface area (Å²) < 4.78 is 12.3. The fourth-order valence-electron chi connectivity index (χ4n) is 2.91. The highest BCUT2D eigenvalue weighted by atomic mass is 35.5. The first-order chi connectivity index (χ1) is 11.6. The van der Waals surface area contributed by atoms with Gasteiger partial charge in [-0.15, -0.1) is 10.2 Å². The molecule has 3 rings (SSSR count). The van der Waals surface area contributed by atoms with Gasteiger partial charge in [0.1, 0.15) is 12.4 Å². The average molecular weight is 351 g/mol. The summed E-state index contributed by atoms with van der Waals surface area (Å²) in [6, 6.07) is 4.85. The van der Waals surface area contributed by atoms with E-state index in [0.717, 1.165) is 11.6 Å². The maximum Gasteiger partial charge on any atom is 0.256 e. The van der Waals surface area contributed by atoms with Crippen LogP contribution < -0.4 is 4.74 Å². The van der Waals surface area contributed by atoms with Gasteiger partial charge in [0.2, 0.25) is 0 Å². The lowest BCUT2D eigenvalue weighted by atomic mass is 10.1. The topological polar surface area (TPSA) is 69.5 Å². The second kappa shape index (κ2) is 6.78. The Hall–Kier alpha value is -2.12. The van der Waals surface area contributed by atoms with Crippen LogP contribution in [0.15, 0.2) is 18.2 Å². The first-order valence-electron chi connectivity index (χ1n) is 7.62. The molecule has 2 aromatic rings. The largest absolute Gasteiger partial charge is 0.497 e. The molecule has 0 spiro atoms. The number of amides is 1. The van der Waals surface area contributed by atoms with Gasteiger partial charge >= 0.3 is 0 Å². The third-order valence-electron chi connectivity index (χ3n) is 4.20. The fraction of sp³-hybridized carbons (Fsp3) is 0.438. The van der Waals surface area contributed by atoms with Gasteiger partial charge in [-0.3, -0.25) is 4.79 Å². The third kappa shape index (κ3) is 2.85. The Morgan fingerprint density at radius 2 is 2.12 bits per heavy atom. The molecule has 24 heavy (non-hydrogen) atoms. The molecule has 1 amide bonds. The van der Waals surface area contributed by atoms with Crippen LogP contribution in [0.5, 0.6) is 5.75 Å². The molecule has 8 heteroatoms. The van der Waals surface area contributed by atoms with Crippen molar-refractivity contribution in [2.75, 3.05) is 20.8 Å². The summed E-state index contributed by atoms with van der Waals surface area (Å²) in [5.74, 6) is 1.97. The van der Waals surface area contributed by atoms with Gasteiger partial charge in [0.15, 0.2) is 11.6 Å². The van der Waals surface area contributed by atoms with E-state index in [1.54, 1.807) is 37.3 Å². The summed E-state index contributed by atoms with van der Waals surface area (Å²) in [5, 5.41) is 8.78. The normalized spacial score (nSPS) is 16.8. The number of fused-ring (bicyclic) bond motifs is 1. The van der Waals surface area contributed by atoms with Crippen molar-refractivity contribution in [2.24, 2.45) is 0 Å². The van der Waals surface area contributed by atoms with Crippen molar-refractivity contribution >= 4 is 17.5 Å². The number of ether oxygens (including phenoxy) is 2. The quantitative estimate of drug-likeness (QED) is 0.846. The smallest absolute Gasteiger partial charge is 0.256 e. The molecule has 128 valence electrons. The number of methoxy groups -OCH3 is 2. The molecule has 0 saturated heterocycles. The molecule has 0 saturated carbocycles. The van der Waals surface area contributed by atoms with E-state index in [-0.39, 0.29) is 11.9 Å². The monoisotopic (exact) mass is 350 g/mol. The van der Waals surface area contributed by atoms with Crippen LogP contribution in [-0.2, 0) is 17.9 Å². The molecule has 1 aromatic carbocycles. The van der Waals surface area contributed by atoms with Gasteiger partial charge in [-0.1, -0.05) is 11.6 Å². The lowest BCUT2D eigenvalue weighted by Crippen LogP contribution is -2.41. The van der Waals surface area contributed by atoms with Crippen LogP contribution >= 0.6 is 11.6 Å². The number of hydrogen-bond donors (Lipinski definition) is 0. The Bertz CT molecular complexity index is 762. The van der Waals surface area contributed by atoms with Gasteiger partial charge in [0.05, 0.1) is 23.7 Å². The minimum absolute atomic E-state index is 0.144. The molecule has 0 aliphatic carbocycles. The summed E-state index contributed by atoms with van der Waals surface area (Å²) in [6.07, 6.45) is 0. The zero-order valence-corrected chi connectivity index (χ0v) is 14.6. The van der Waals surface area contributed by atoms with Gasteiger partial charge in [-0.2, -0.15) is 0 Å². The fourth-order valence-corrected chi connectivity index (χ4v) is 3.10. The third-order valence-corrected chi connectivity index (χ3v) is 4.53. The number of carbonyl (C=O) groups is 1. The van der Waals surface area contributed by atoms with E-state index in [0.29, 0.717) is 36.0 Å². The maximum absolute atomic E-state index is 12.9. The van der Waals surface area contributed by atoms with E-state index >= 15 is 0 Å². The number of halogens is 1. The van der Waals surface area contributed by atoms with Crippen LogP contribution in [0.25, 0.3) is 0 Å². The summed E-state index contributed by atoms with van der Waals surface area (Å²) >= 11 is 6.21. The zero-order valence-electron chi connectivity index (χ0n) is 13.8. The zero-order chi connectivity index (χ0) is 17.3. The van der Waals surface area contributed by atoms with Gasteiger partial charge in [-0.25, -0.2) is 0 Å². The number of hydrogen-bond acceptors (Lipinski definition) is 5. The second-order valence-electron chi connectivity index (χ2n) is 5.58. The molecular formula is C16H19ClN4O3. The van der Waals surface area contributed by atoms with Crippen LogP contribution in [-0.4, -0.2) is 46.3 Å².